The second kappa shape index (κ2) is 8.24. The van der Waals surface area contributed by atoms with Crippen molar-refractivity contribution in [1.82, 2.24) is 0 Å². The van der Waals surface area contributed by atoms with Crippen LogP contribution in [0, 0.1) is 16.7 Å². The molecule has 0 spiro atoms. The van der Waals surface area contributed by atoms with Gasteiger partial charge >= 0.3 is 0 Å². The third-order valence-corrected chi connectivity index (χ3v) is 4.75. The minimum absolute atomic E-state index is 0.224. The highest BCUT2D eigenvalue weighted by atomic mass is 32.2. The van der Waals surface area contributed by atoms with Crippen molar-refractivity contribution in [3.8, 4) is 17.6 Å². The fourth-order valence-corrected chi connectivity index (χ4v) is 3.29. The minimum atomic E-state index is -0.682. The zero-order valence-electron chi connectivity index (χ0n) is 13.9. The maximum atomic E-state index is 9.60. The van der Waals surface area contributed by atoms with E-state index >= 15 is 0 Å². The molecule has 26 heavy (non-hydrogen) atoms. The molecule has 5 heteroatoms. The number of nitrogen functional groups attached to an aromatic ring is 1. The molecule has 3 rings (SSSR count). The van der Waals surface area contributed by atoms with Crippen molar-refractivity contribution >= 4 is 22.5 Å². The van der Waals surface area contributed by atoms with Gasteiger partial charge in [0.15, 0.2) is 0 Å². The summed E-state index contributed by atoms with van der Waals surface area (Å²) in [6.45, 7) is 0. The Labute approximate surface area is 156 Å². The van der Waals surface area contributed by atoms with Crippen molar-refractivity contribution in [3.63, 3.8) is 0 Å². The van der Waals surface area contributed by atoms with Crippen LogP contribution in [0.25, 0.3) is 0 Å². The van der Waals surface area contributed by atoms with Gasteiger partial charge in [-0.1, -0.05) is 54.2 Å². The molecule has 0 saturated heterocycles. The zero-order valence-corrected chi connectivity index (χ0v) is 14.7. The lowest BCUT2D eigenvalue weighted by atomic mass is 10.0. The molecule has 0 fully saturated rings. The molecule has 1 atom stereocenters. The predicted molar refractivity (Wildman–Crippen MR) is 106 cm³/mol. The molecule has 0 heterocycles. The van der Waals surface area contributed by atoms with Gasteiger partial charge in [0.25, 0.3) is 0 Å². The lowest BCUT2D eigenvalue weighted by molar-refractivity contribution is 0.482. The van der Waals surface area contributed by atoms with Gasteiger partial charge in [-0.25, -0.2) is 0 Å². The van der Waals surface area contributed by atoms with E-state index in [9.17, 15) is 5.26 Å². The van der Waals surface area contributed by atoms with Crippen LogP contribution in [0.2, 0.25) is 0 Å². The van der Waals surface area contributed by atoms with Gasteiger partial charge in [-0.05, 0) is 42.0 Å². The molecule has 128 valence electrons. The first-order chi connectivity index (χ1) is 12.7. The molecular formula is C21H17N3OS. The first kappa shape index (κ1) is 17.6. The van der Waals surface area contributed by atoms with Gasteiger partial charge in [0.2, 0.25) is 0 Å². The number of ether oxygens (including phenoxy) is 1. The number of rotatable bonds is 5. The smallest absolute Gasteiger partial charge is 0.127 e. The van der Waals surface area contributed by atoms with Crippen LogP contribution >= 0.6 is 11.8 Å². The van der Waals surface area contributed by atoms with Gasteiger partial charge in [0, 0.05) is 10.6 Å². The van der Waals surface area contributed by atoms with Gasteiger partial charge in [-0.2, -0.15) is 5.26 Å². The van der Waals surface area contributed by atoms with E-state index < -0.39 is 5.92 Å². The largest absolute Gasteiger partial charge is 0.457 e. The number of thioether (sulfide) groups is 1. The van der Waals surface area contributed by atoms with Crippen LogP contribution in [-0.4, -0.2) is 5.04 Å². The summed E-state index contributed by atoms with van der Waals surface area (Å²) in [4.78, 5) is 0.773. The zero-order chi connectivity index (χ0) is 18.4. The van der Waals surface area contributed by atoms with Gasteiger partial charge in [0.1, 0.15) is 17.4 Å². The van der Waals surface area contributed by atoms with E-state index in [2.05, 4.69) is 6.07 Å². The van der Waals surface area contributed by atoms with Gasteiger partial charge in [-0.15, -0.1) is 0 Å². The van der Waals surface area contributed by atoms with Crippen LogP contribution in [0.5, 0.6) is 11.5 Å². The molecule has 0 bridgehead atoms. The van der Waals surface area contributed by atoms with Crippen molar-refractivity contribution in [2.45, 2.75) is 10.8 Å². The number of nitriles is 1. The van der Waals surface area contributed by atoms with Crippen LogP contribution in [0.15, 0.2) is 83.8 Å². The lowest BCUT2D eigenvalue weighted by Gasteiger charge is -2.13. The molecule has 3 aromatic rings. The molecule has 0 radical (unpaired) electrons. The molecule has 3 N–H and O–H groups in total. The Morgan fingerprint density at radius 1 is 0.962 bits per heavy atom. The van der Waals surface area contributed by atoms with Crippen molar-refractivity contribution in [3.05, 3.63) is 84.4 Å². The van der Waals surface area contributed by atoms with E-state index in [-0.39, 0.29) is 5.04 Å². The van der Waals surface area contributed by atoms with Crippen molar-refractivity contribution in [2.75, 3.05) is 5.73 Å². The predicted octanol–water partition coefficient (Wildman–Crippen LogP) is 5.44. The molecule has 0 aromatic heterocycles. The Balaban J connectivity index is 1.80. The fourth-order valence-electron chi connectivity index (χ4n) is 2.42. The molecule has 0 aliphatic carbocycles. The maximum Gasteiger partial charge on any atom is 0.127 e. The Morgan fingerprint density at radius 3 is 2.38 bits per heavy atom. The lowest BCUT2D eigenvalue weighted by Crippen LogP contribution is -2.06. The van der Waals surface area contributed by atoms with Crippen LogP contribution in [0.4, 0.5) is 5.69 Å². The summed E-state index contributed by atoms with van der Waals surface area (Å²) in [6.07, 6.45) is 0. The Bertz CT molecular complexity index is 951. The summed E-state index contributed by atoms with van der Waals surface area (Å²) >= 11 is 1.20. The number of hydrogen-bond donors (Lipinski definition) is 2. The van der Waals surface area contributed by atoms with Gasteiger partial charge in [-0.3, -0.25) is 5.41 Å². The van der Waals surface area contributed by atoms with Crippen molar-refractivity contribution < 1.29 is 4.74 Å². The topological polar surface area (TPSA) is 82.9 Å². The first-order valence-corrected chi connectivity index (χ1v) is 8.82. The van der Waals surface area contributed by atoms with E-state index in [0.29, 0.717) is 17.0 Å². The van der Waals surface area contributed by atoms with Crippen LogP contribution in [0.3, 0.4) is 0 Å². The second-order valence-electron chi connectivity index (χ2n) is 5.55. The highest BCUT2D eigenvalue weighted by Crippen LogP contribution is 2.33. The van der Waals surface area contributed by atoms with Gasteiger partial charge in [0.05, 0.1) is 11.1 Å². The van der Waals surface area contributed by atoms with Crippen LogP contribution < -0.4 is 10.5 Å². The van der Waals surface area contributed by atoms with Crippen molar-refractivity contribution in [2.24, 2.45) is 0 Å². The Kier molecular flexibility index (Phi) is 5.57. The molecule has 0 aliphatic heterocycles. The molecule has 0 aliphatic rings. The number of nitrogens with zero attached hydrogens (tertiary/aromatic N) is 1. The average Bonchev–Trinajstić information content (AvgIpc) is 2.65. The Hall–Kier alpha value is -3.23. The quantitative estimate of drug-likeness (QED) is 0.275. The monoisotopic (exact) mass is 359 g/mol. The molecule has 0 saturated carbocycles. The number of benzene rings is 3. The molecule has 3 aromatic carbocycles. The van der Waals surface area contributed by atoms with E-state index in [4.69, 9.17) is 15.9 Å². The van der Waals surface area contributed by atoms with E-state index in [1.807, 2.05) is 66.7 Å². The summed E-state index contributed by atoms with van der Waals surface area (Å²) in [5.74, 6) is 0.671. The van der Waals surface area contributed by atoms with E-state index in [1.54, 1.807) is 12.1 Å². The molecule has 4 nitrogen and oxygen atoms in total. The molecule has 1 unspecified atom stereocenters. The van der Waals surface area contributed by atoms with Crippen molar-refractivity contribution in [1.29, 1.82) is 10.7 Å². The third-order valence-electron chi connectivity index (χ3n) is 3.70. The fraction of sp³-hybridized carbons (Fsp3) is 0.0476. The van der Waals surface area contributed by atoms with E-state index in [1.165, 1.54) is 11.8 Å². The SMILES string of the molecule is N#CC(C(=N)Sc1ccccc1N)c1cccc(Oc2ccccc2)c1. The first-order valence-electron chi connectivity index (χ1n) is 8.00. The number of nitrogens with one attached hydrogen (secondary N) is 1. The summed E-state index contributed by atoms with van der Waals surface area (Å²) in [7, 11) is 0. The minimum Gasteiger partial charge on any atom is -0.457 e. The summed E-state index contributed by atoms with van der Waals surface area (Å²) in [5.41, 5.74) is 7.25. The Morgan fingerprint density at radius 2 is 1.65 bits per heavy atom. The number of para-hydroxylation sites is 2. The summed E-state index contributed by atoms with van der Waals surface area (Å²) < 4.78 is 5.82. The average molecular weight is 359 g/mol. The normalized spacial score (nSPS) is 11.3. The maximum absolute atomic E-state index is 9.60. The number of anilines is 1. The van der Waals surface area contributed by atoms with Crippen LogP contribution in [-0.2, 0) is 0 Å². The second-order valence-corrected chi connectivity index (χ2v) is 6.64. The molecular weight excluding hydrogens is 342 g/mol. The third kappa shape index (κ3) is 4.24. The standard InChI is InChI=1S/C21H17N3OS/c22-14-18(21(24)26-20-12-5-4-11-19(20)23)15-7-6-10-17(13-15)25-16-8-2-1-3-9-16/h1-13,18,24H,23H2. The highest BCUT2D eigenvalue weighted by molar-refractivity contribution is 8.14. The summed E-state index contributed by atoms with van der Waals surface area (Å²) in [5, 5.41) is 18.2. The number of nitrogens with two attached hydrogens (primary N) is 1. The molecule has 0 amide bonds. The highest BCUT2D eigenvalue weighted by Gasteiger charge is 2.19. The summed E-state index contributed by atoms with van der Waals surface area (Å²) in [6, 6.07) is 26.3. The van der Waals surface area contributed by atoms with E-state index in [0.717, 1.165) is 10.6 Å². The van der Waals surface area contributed by atoms with Crippen LogP contribution in [0.1, 0.15) is 11.5 Å². The number of hydrogen-bond acceptors (Lipinski definition) is 5. The van der Waals surface area contributed by atoms with Gasteiger partial charge < -0.3 is 10.5 Å².